The number of nitrogens with one attached hydrogen (secondary N) is 1. The third-order valence-electron chi connectivity index (χ3n) is 7.00. The molecule has 2 aliphatic rings. The van der Waals surface area contributed by atoms with Gasteiger partial charge in [0, 0.05) is 53.8 Å². The molecule has 5 nitrogen and oxygen atoms in total. The Balaban J connectivity index is 1.50. The van der Waals surface area contributed by atoms with Crippen LogP contribution in [0.3, 0.4) is 0 Å². The molecule has 0 saturated heterocycles. The van der Waals surface area contributed by atoms with E-state index in [4.69, 9.17) is 9.47 Å². The van der Waals surface area contributed by atoms with Crippen LogP contribution in [-0.2, 0) is 11.2 Å². The van der Waals surface area contributed by atoms with Gasteiger partial charge in [0.15, 0.2) is 17.3 Å². The van der Waals surface area contributed by atoms with Gasteiger partial charge in [0.25, 0.3) is 0 Å². The van der Waals surface area contributed by atoms with Gasteiger partial charge in [0.1, 0.15) is 0 Å². The summed E-state index contributed by atoms with van der Waals surface area (Å²) in [6.07, 6.45) is 14.0. The van der Waals surface area contributed by atoms with E-state index in [0.29, 0.717) is 29.7 Å². The van der Waals surface area contributed by atoms with Gasteiger partial charge in [-0.3, -0.25) is 9.79 Å². The van der Waals surface area contributed by atoms with E-state index in [1.54, 1.807) is 6.20 Å². The van der Waals surface area contributed by atoms with Crippen molar-refractivity contribution in [3.8, 4) is 5.75 Å². The van der Waals surface area contributed by atoms with Crippen LogP contribution in [0, 0.1) is 11.6 Å². The summed E-state index contributed by atoms with van der Waals surface area (Å²) in [7, 11) is 1.30. The lowest BCUT2D eigenvalue weighted by Crippen LogP contribution is -2.14. The van der Waals surface area contributed by atoms with Crippen LogP contribution in [0.5, 0.6) is 5.75 Å². The van der Waals surface area contributed by atoms with E-state index < -0.39 is 11.6 Å². The number of hydrogen-bond donors (Lipinski definition) is 1. The Hall–Kier alpha value is -3.84. The molecular formula is C33H36F2N2O3. The van der Waals surface area contributed by atoms with E-state index in [9.17, 15) is 13.6 Å². The maximum Gasteiger partial charge on any atom is 0.201 e. The van der Waals surface area contributed by atoms with Crippen molar-refractivity contribution in [1.82, 2.24) is 0 Å². The van der Waals surface area contributed by atoms with E-state index in [2.05, 4.69) is 10.3 Å². The molecule has 1 aliphatic heterocycles. The normalized spacial score (nSPS) is 17.8. The zero-order valence-corrected chi connectivity index (χ0v) is 23.4. The molecule has 7 heteroatoms. The van der Waals surface area contributed by atoms with E-state index in [0.717, 1.165) is 61.4 Å². The monoisotopic (exact) mass is 546 g/mol. The molecule has 0 saturated carbocycles. The maximum absolute atomic E-state index is 15.0. The average Bonchev–Trinajstić information content (AvgIpc) is 3.36. The number of Topliss-reactive ketones (excluding diaryl/α,β-unsaturated/α-hetero) is 1. The molecule has 0 bridgehead atoms. The predicted octanol–water partition coefficient (Wildman–Crippen LogP) is 7.99. The van der Waals surface area contributed by atoms with Gasteiger partial charge in [-0.2, -0.15) is 4.39 Å². The molecule has 210 valence electrons. The van der Waals surface area contributed by atoms with Crippen molar-refractivity contribution in [2.24, 2.45) is 4.99 Å². The molecule has 0 fully saturated rings. The summed E-state index contributed by atoms with van der Waals surface area (Å²) >= 11 is 0. The van der Waals surface area contributed by atoms with Crippen molar-refractivity contribution in [1.29, 1.82) is 0 Å². The molecule has 0 radical (unpaired) electrons. The highest BCUT2D eigenvalue weighted by Crippen LogP contribution is 2.36. The van der Waals surface area contributed by atoms with Crippen LogP contribution in [0.1, 0.15) is 67.4 Å². The number of carbonyl (C=O) groups excluding carboxylic acids is 1. The summed E-state index contributed by atoms with van der Waals surface area (Å²) in [5.74, 6) is -2.00. The van der Waals surface area contributed by atoms with Crippen LogP contribution < -0.4 is 10.1 Å². The molecule has 40 heavy (non-hydrogen) atoms. The number of benzene rings is 2. The first-order chi connectivity index (χ1) is 19.5. The number of carbonyl (C=O) groups is 1. The largest absolute Gasteiger partial charge is 0.494 e. The highest BCUT2D eigenvalue weighted by Gasteiger charge is 2.26. The van der Waals surface area contributed by atoms with Crippen LogP contribution in [0.2, 0.25) is 0 Å². The molecule has 1 aliphatic carbocycles. The van der Waals surface area contributed by atoms with Crippen molar-refractivity contribution >= 4 is 22.8 Å². The van der Waals surface area contributed by atoms with Gasteiger partial charge in [0.2, 0.25) is 5.82 Å². The Morgan fingerprint density at radius 2 is 1.90 bits per heavy atom. The predicted molar refractivity (Wildman–Crippen MR) is 157 cm³/mol. The number of halogens is 2. The number of hydrogen-bond acceptors (Lipinski definition) is 5. The van der Waals surface area contributed by atoms with Crippen LogP contribution >= 0.6 is 0 Å². The molecule has 1 N–H and O–H groups in total. The molecule has 0 atom stereocenters. The summed E-state index contributed by atoms with van der Waals surface area (Å²) in [6, 6.07) is 8.71. The molecule has 2 aromatic carbocycles. The third-order valence-corrected chi connectivity index (χ3v) is 7.00. The number of aryl methyl sites for hydroxylation is 1. The van der Waals surface area contributed by atoms with E-state index >= 15 is 0 Å². The molecule has 4 rings (SSSR count). The molecule has 0 spiro atoms. The second-order valence-electron chi connectivity index (χ2n) is 9.61. The van der Waals surface area contributed by atoms with Crippen molar-refractivity contribution in [2.45, 2.75) is 52.4 Å². The molecule has 0 aromatic heterocycles. The number of unbranched alkanes of at least 4 members (excludes halogenated alkanes) is 2. The molecule has 2 aromatic rings. The first-order valence-corrected chi connectivity index (χ1v) is 13.9. The van der Waals surface area contributed by atoms with Gasteiger partial charge in [0.05, 0.1) is 18.5 Å². The van der Waals surface area contributed by atoms with Crippen molar-refractivity contribution in [3.05, 3.63) is 100 Å². The van der Waals surface area contributed by atoms with Crippen molar-refractivity contribution in [2.75, 3.05) is 25.6 Å². The number of methoxy groups -OCH3 is 1. The van der Waals surface area contributed by atoms with Gasteiger partial charge in [-0.15, -0.1) is 0 Å². The smallest absolute Gasteiger partial charge is 0.201 e. The second-order valence-corrected chi connectivity index (χ2v) is 9.61. The summed E-state index contributed by atoms with van der Waals surface area (Å²) < 4.78 is 39.7. The summed E-state index contributed by atoms with van der Waals surface area (Å²) in [6.45, 7) is 5.48. The van der Waals surface area contributed by atoms with E-state index in [1.165, 1.54) is 19.2 Å². The Morgan fingerprint density at radius 3 is 2.67 bits per heavy atom. The Bertz CT molecular complexity index is 1400. The number of ether oxygens (including phenoxy) is 2. The highest BCUT2D eigenvalue weighted by molar-refractivity contribution is 6.25. The summed E-state index contributed by atoms with van der Waals surface area (Å²) in [4.78, 5) is 17.5. The SMILES string of the molecule is CCOCCCCCC(=O)c1ccc(N/C2=C\C/C=C\C=C3\C(c4ccc(OC)c(F)c4F)=CN=C23)cc1CC. The first-order valence-electron chi connectivity index (χ1n) is 13.9. The minimum absolute atomic E-state index is 0.116. The number of anilines is 1. The van der Waals surface area contributed by atoms with Gasteiger partial charge < -0.3 is 14.8 Å². The van der Waals surface area contributed by atoms with Crippen LogP contribution in [0.25, 0.3) is 5.57 Å². The third kappa shape index (κ3) is 6.65. The van der Waals surface area contributed by atoms with Crippen LogP contribution in [0.15, 0.2) is 77.1 Å². The standard InChI is InChI=1S/C33H36F2N2O3/c1-4-22-20-23(15-16-24(22)29(38)14-10-7-11-19-40-5-2)37-28-13-9-6-8-12-26-27(21-36-33(26)28)25-17-18-30(39-3)32(35)31(25)34/h6,8,12-13,15-18,20-21,37H,4-5,7,9-11,14,19H2,1-3H3/b8-6-,26-12-,28-13-. The van der Waals surface area contributed by atoms with E-state index in [-0.39, 0.29) is 17.1 Å². The lowest BCUT2D eigenvalue weighted by atomic mass is 9.93. The van der Waals surface area contributed by atoms with Crippen molar-refractivity contribution < 1.29 is 23.0 Å². The number of ketones is 1. The molecule has 1 heterocycles. The maximum atomic E-state index is 15.0. The minimum atomic E-state index is -1.03. The second kappa shape index (κ2) is 14.0. The number of rotatable bonds is 13. The Labute approximate surface area is 235 Å². The summed E-state index contributed by atoms with van der Waals surface area (Å²) in [5, 5.41) is 3.46. The number of allylic oxidation sites excluding steroid dienone is 6. The quantitative estimate of drug-likeness (QED) is 0.204. The Kier molecular flexibility index (Phi) is 10.2. The zero-order valence-electron chi connectivity index (χ0n) is 23.4. The Morgan fingerprint density at radius 1 is 1.05 bits per heavy atom. The minimum Gasteiger partial charge on any atom is -0.494 e. The average molecular weight is 547 g/mol. The fraction of sp³-hybridized carbons (Fsp3) is 0.333. The highest BCUT2D eigenvalue weighted by atomic mass is 19.2. The van der Waals surface area contributed by atoms with Gasteiger partial charge in [-0.1, -0.05) is 37.6 Å². The summed E-state index contributed by atoms with van der Waals surface area (Å²) in [5.41, 5.74) is 5.26. The number of fused-ring (bicyclic) bond motifs is 1. The molecule has 0 amide bonds. The topological polar surface area (TPSA) is 59.9 Å². The van der Waals surface area contributed by atoms with Crippen molar-refractivity contribution in [3.63, 3.8) is 0 Å². The zero-order chi connectivity index (χ0) is 28.5. The van der Waals surface area contributed by atoms with E-state index in [1.807, 2.05) is 56.4 Å². The van der Waals surface area contributed by atoms with Crippen LogP contribution in [0.4, 0.5) is 14.5 Å². The lowest BCUT2D eigenvalue weighted by Gasteiger charge is -2.17. The van der Waals surface area contributed by atoms with Gasteiger partial charge in [-0.25, -0.2) is 4.39 Å². The molecular weight excluding hydrogens is 510 g/mol. The van der Waals surface area contributed by atoms with Gasteiger partial charge in [-0.05, 0) is 68.5 Å². The van der Waals surface area contributed by atoms with Crippen LogP contribution in [-0.4, -0.2) is 31.8 Å². The van der Waals surface area contributed by atoms with Gasteiger partial charge >= 0.3 is 0 Å². The number of aliphatic imine (C=N–C) groups is 1. The first kappa shape index (κ1) is 29.2. The fourth-order valence-corrected chi connectivity index (χ4v) is 4.86. The lowest BCUT2D eigenvalue weighted by molar-refractivity contribution is 0.0975. The number of nitrogens with zero attached hydrogens (tertiary/aromatic N) is 1. The fourth-order valence-electron chi connectivity index (χ4n) is 4.86. The molecule has 0 unspecified atom stereocenters.